The van der Waals surface area contributed by atoms with E-state index < -0.39 is 0 Å². The van der Waals surface area contributed by atoms with Gasteiger partial charge in [-0.2, -0.15) is 0 Å². The molecule has 0 saturated carbocycles. The van der Waals surface area contributed by atoms with Crippen LogP contribution in [-0.4, -0.2) is 11.5 Å². The second-order valence-electron chi connectivity index (χ2n) is 2.65. The van der Waals surface area contributed by atoms with Gasteiger partial charge in [-0.25, -0.2) is 0 Å². The van der Waals surface area contributed by atoms with E-state index >= 15 is 0 Å². The van der Waals surface area contributed by atoms with Crippen molar-refractivity contribution in [1.29, 1.82) is 0 Å². The smallest absolute Gasteiger partial charge is 0.118 e. The number of benzene rings is 1. The minimum atomic E-state index is -0.0912. The number of azide groups is 1. The molecule has 0 heterocycles. The van der Waals surface area contributed by atoms with Gasteiger partial charge in [-0.3, -0.25) is 0 Å². The van der Waals surface area contributed by atoms with Crippen LogP contribution in [0, 0.1) is 0 Å². The number of ether oxygens (including phenoxy) is 1. The Kier molecular flexibility index (Phi) is 4.55. The van der Waals surface area contributed by atoms with Crippen LogP contribution in [0.5, 0.6) is 5.75 Å². The molecule has 1 unspecified atom stereocenters. The van der Waals surface area contributed by atoms with Gasteiger partial charge in [0.25, 0.3) is 0 Å². The quantitative estimate of drug-likeness (QED) is 0.276. The van der Waals surface area contributed by atoms with Crippen LogP contribution in [0.25, 0.3) is 10.4 Å². The summed E-state index contributed by atoms with van der Waals surface area (Å²) in [6.45, 7) is 0. The summed E-state index contributed by atoms with van der Waals surface area (Å²) < 4.78 is 5.81. The first kappa shape index (κ1) is 11.1. The van der Waals surface area contributed by atoms with Crippen LogP contribution in [0.3, 0.4) is 0 Å². The number of methoxy groups -OCH3 is 1. The summed E-state index contributed by atoms with van der Waals surface area (Å²) in [6.07, 6.45) is 0. The monoisotopic (exact) mass is 303 g/mol. The molecule has 0 aliphatic rings. The van der Waals surface area contributed by atoms with Crippen molar-refractivity contribution in [3.05, 3.63) is 40.3 Å². The molecule has 0 bridgehead atoms. The van der Waals surface area contributed by atoms with Gasteiger partial charge in [0, 0.05) is 9.34 Å². The third-order valence-corrected chi connectivity index (χ3v) is 2.67. The molecule has 0 spiro atoms. The van der Waals surface area contributed by atoms with E-state index in [-0.39, 0.29) is 6.04 Å². The van der Waals surface area contributed by atoms with E-state index in [2.05, 4.69) is 32.6 Å². The Morgan fingerprint density at radius 3 is 2.57 bits per heavy atom. The van der Waals surface area contributed by atoms with Gasteiger partial charge >= 0.3 is 0 Å². The van der Waals surface area contributed by atoms with Crippen LogP contribution in [0.2, 0.25) is 0 Å². The highest BCUT2D eigenvalue weighted by molar-refractivity contribution is 14.1. The van der Waals surface area contributed by atoms with Crippen molar-refractivity contribution in [1.82, 2.24) is 0 Å². The molecule has 0 N–H and O–H groups in total. The van der Waals surface area contributed by atoms with Gasteiger partial charge < -0.3 is 4.74 Å². The lowest BCUT2D eigenvalue weighted by atomic mass is 10.1. The third-order valence-electron chi connectivity index (χ3n) is 1.84. The molecule has 14 heavy (non-hydrogen) atoms. The maximum absolute atomic E-state index is 8.36. The van der Waals surface area contributed by atoms with Gasteiger partial charge in [0.05, 0.1) is 13.2 Å². The molecule has 1 rings (SSSR count). The van der Waals surface area contributed by atoms with Crippen LogP contribution in [0.4, 0.5) is 0 Å². The Morgan fingerprint density at radius 2 is 2.14 bits per heavy atom. The Hall–Kier alpha value is -0.940. The molecule has 0 radical (unpaired) electrons. The van der Waals surface area contributed by atoms with Crippen LogP contribution >= 0.6 is 22.6 Å². The molecular weight excluding hydrogens is 293 g/mol. The highest BCUT2D eigenvalue weighted by Crippen LogP contribution is 2.22. The van der Waals surface area contributed by atoms with E-state index in [0.717, 1.165) is 15.7 Å². The summed E-state index contributed by atoms with van der Waals surface area (Å²) in [6, 6.07) is 7.46. The minimum Gasteiger partial charge on any atom is -0.497 e. The van der Waals surface area contributed by atoms with Gasteiger partial charge in [0.15, 0.2) is 0 Å². The van der Waals surface area contributed by atoms with E-state index in [1.165, 1.54) is 0 Å². The average molecular weight is 303 g/mol. The fourth-order valence-corrected chi connectivity index (χ4v) is 1.76. The molecule has 1 aromatic rings. The van der Waals surface area contributed by atoms with Crippen molar-refractivity contribution in [3.8, 4) is 5.75 Å². The molecule has 0 saturated heterocycles. The number of alkyl halides is 1. The molecule has 0 amide bonds. The number of nitrogens with zero attached hydrogens (tertiary/aromatic N) is 3. The second-order valence-corrected chi connectivity index (χ2v) is 3.53. The van der Waals surface area contributed by atoms with E-state index in [9.17, 15) is 0 Å². The standard InChI is InChI=1S/C9H10IN3O/c1-14-8-4-2-7(3-5-8)9(6-10)12-13-11/h2-5,9H,6H2,1H3. The van der Waals surface area contributed by atoms with E-state index in [1.807, 2.05) is 24.3 Å². The minimum absolute atomic E-state index is 0.0912. The number of rotatable bonds is 4. The molecule has 0 fully saturated rings. The van der Waals surface area contributed by atoms with Gasteiger partial charge in [0.2, 0.25) is 0 Å². The highest BCUT2D eigenvalue weighted by Gasteiger charge is 2.06. The van der Waals surface area contributed by atoms with E-state index in [1.54, 1.807) is 7.11 Å². The Labute approximate surface area is 96.0 Å². The van der Waals surface area contributed by atoms with Crippen molar-refractivity contribution >= 4 is 22.6 Å². The zero-order valence-corrected chi connectivity index (χ0v) is 9.88. The maximum Gasteiger partial charge on any atom is 0.118 e. The normalized spacial score (nSPS) is 11.6. The first-order chi connectivity index (χ1) is 6.81. The van der Waals surface area contributed by atoms with Gasteiger partial charge in [-0.15, -0.1) is 0 Å². The van der Waals surface area contributed by atoms with Crippen molar-refractivity contribution in [2.45, 2.75) is 6.04 Å². The highest BCUT2D eigenvalue weighted by atomic mass is 127. The summed E-state index contributed by atoms with van der Waals surface area (Å²) in [4.78, 5) is 2.81. The molecular formula is C9H10IN3O. The molecule has 0 aromatic heterocycles. The van der Waals surface area contributed by atoms with Crippen molar-refractivity contribution in [3.63, 3.8) is 0 Å². The summed E-state index contributed by atoms with van der Waals surface area (Å²) >= 11 is 2.20. The fourth-order valence-electron chi connectivity index (χ4n) is 1.08. The van der Waals surface area contributed by atoms with Gasteiger partial charge in [0.1, 0.15) is 5.75 Å². The maximum atomic E-state index is 8.36. The zero-order chi connectivity index (χ0) is 10.4. The lowest BCUT2D eigenvalue weighted by molar-refractivity contribution is 0.414. The molecule has 0 aliphatic carbocycles. The molecule has 5 heteroatoms. The Balaban J connectivity index is 2.88. The van der Waals surface area contributed by atoms with Crippen molar-refractivity contribution in [2.24, 2.45) is 5.11 Å². The van der Waals surface area contributed by atoms with Crippen LogP contribution in [-0.2, 0) is 0 Å². The van der Waals surface area contributed by atoms with Crippen LogP contribution in [0.15, 0.2) is 29.4 Å². The third kappa shape index (κ3) is 2.78. The SMILES string of the molecule is COc1ccc(C(CI)N=[N+]=[N-])cc1. The van der Waals surface area contributed by atoms with Crippen LogP contribution < -0.4 is 4.74 Å². The Bertz CT molecular complexity index is 332. The zero-order valence-electron chi connectivity index (χ0n) is 7.72. The van der Waals surface area contributed by atoms with Gasteiger partial charge in [-0.1, -0.05) is 39.8 Å². The van der Waals surface area contributed by atoms with Crippen molar-refractivity contribution in [2.75, 3.05) is 11.5 Å². The molecule has 0 aliphatic heterocycles. The number of hydrogen-bond acceptors (Lipinski definition) is 2. The topological polar surface area (TPSA) is 58.0 Å². The predicted octanol–water partition coefficient (Wildman–Crippen LogP) is 3.48. The summed E-state index contributed by atoms with van der Waals surface area (Å²) in [5.74, 6) is 0.807. The lowest BCUT2D eigenvalue weighted by Crippen LogP contribution is -1.95. The average Bonchev–Trinajstić information content (AvgIpc) is 2.26. The molecule has 4 nitrogen and oxygen atoms in total. The lowest BCUT2D eigenvalue weighted by Gasteiger charge is -2.08. The first-order valence-electron chi connectivity index (χ1n) is 4.06. The molecule has 74 valence electrons. The fraction of sp³-hybridized carbons (Fsp3) is 0.333. The Morgan fingerprint density at radius 1 is 1.50 bits per heavy atom. The first-order valence-corrected chi connectivity index (χ1v) is 5.58. The van der Waals surface area contributed by atoms with E-state index in [0.29, 0.717) is 0 Å². The van der Waals surface area contributed by atoms with E-state index in [4.69, 9.17) is 10.3 Å². The number of halogens is 1. The van der Waals surface area contributed by atoms with Crippen LogP contribution in [0.1, 0.15) is 11.6 Å². The molecule has 1 atom stereocenters. The second kappa shape index (κ2) is 5.72. The van der Waals surface area contributed by atoms with Gasteiger partial charge in [-0.05, 0) is 23.2 Å². The molecule has 1 aromatic carbocycles. The summed E-state index contributed by atoms with van der Waals surface area (Å²) in [5.41, 5.74) is 9.37. The summed E-state index contributed by atoms with van der Waals surface area (Å²) in [7, 11) is 1.62. The van der Waals surface area contributed by atoms with Crippen molar-refractivity contribution < 1.29 is 4.74 Å². The number of hydrogen-bond donors (Lipinski definition) is 0. The summed E-state index contributed by atoms with van der Waals surface area (Å²) in [5, 5.41) is 3.70. The predicted molar refractivity (Wildman–Crippen MR) is 63.8 cm³/mol. The largest absolute Gasteiger partial charge is 0.497 e.